The monoisotopic (exact) mass is 414 g/mol. The van der Waals surface area contributed by atoms with Crippen LogP contribution in [0.15, 0.2) is 18.2 Å². The van der Waals surface area contributed by atoms with Crippen LogP contribution in [0.25, 0.3) is 0 Å². The maximum Gasteiger partial charge on any atom is 0.251 e. The van der Waals surface area contributed by atoms with Crippen molar-refractivity contribution in [2.75, 3.05) is 13.1 Å². The Kier molecular flexibility index (Phi) is 7.42. The molecule has 1 aromatic carbocycles. The van der Waals surface area contributed by atoms with Gasteiger partial charge in [-0.2, -0.15) is 0 Å². The lowest BCUT2D eigenvalue weighted by atomic mass is 10.1. The fourth-order valence-corrected chi connectivity index (χ4v) is 2.62. The first-order valence-corrected chi connectivity index (χ1v) is 7.59. The maximum absolute atomic E-state index is 11.9. The average Bonchev–Trinajstić information content (AvgIpc) is 2.85. The number of carbonyl (C=O) groups excluding carboxylic acids is 1. The van der Waals surface area contributed by atoms with Gasteiger partial charge in [0, 0.05) is 21.7 Å². The zero-order chi connectivity index (χ0) is 13.0. The molecule has 1 amide bonds. The first kappa shape index (κ1) is 17.0. The molecule has 1 saturated heterocycles. The zero-order valence-electron chi connectivity index (χ0n) is 10.4. The van der Waals surface area contributed by atoms with E-state index in [9.17, 15) is 4.79 Å². The minimum Gasteiger partial charge on any atom is -0.352 e. The number of nitrogens with one attached hydrogen (secondary N) is 2. The maximum atomic E-state index is 11.9. The third-order valence-electron chi connectivity index (χ3n) is 3.12. The van der Waals surface area contributed by atoms with Crippen molar-refractivity contribution in [2.45, 2.75) is 25.3 Å². The van der Waals surface area contributed by atoms with Crippen molar-refractivity contribution in [1.29, 1.82) is 0 Å². The second-order valence-electron chi connectivity index (χ2n) is 4.47. The first-order chi connectivity index (χ1) is 8.66. The van der Waals surface area contributed by atoms with Crippen LogP contribution in [0, 0.1) is 3.57 Å². The lowest BCUT2D eigenvalue weighted by Crippen LogP contribution is -2.30. The van der Waals surface area contributed by atoms with Crippen LogP contribution in [0.4, 0.5) is 0 Å². The Hall–Kier alpha value is -0.0400. The molecule has 1 aliphatic rings. The van der Waals surface area contributed by atoms with Crippen LogP contribution in [-0.4, -0.2) is 25.0 Å². The van der Waals surface area contributed by atoms with Gasteiger partial charge in [0.25, 0.3) is 5.91 Å². The summed E-state index contributed by atoms with van der Waals surface area (Å²) in [6, 6.07) is 5.94. The highest BCUT2D eigenvalue weighted by molar-refractivity contribution is 14.1. The van der Waals surface area contributed by atoms with E-state index >= 15 is 0 Å². The lowest BCUT2D eigenvalue weighted by Gasteiger charge is -2.11. The molecule has 1 heterocycles. The Morgan fingerprint density at radius 2 is 2.32 bits per heavy atom. The molecule has 0 aromatic heterocycles. The van der Waals surface area contributed by atoms with Crippen molar-refractivity contribution in [3.63, 3.8) is 0 Å². The van der Waals surface area contributed by atoms with Gasteiger partial charge in [-0.1, -0.05) is 11.6 Å². The predicted octanol–water partition coefficient (Wildman–Crippen LogP) is 3.24. The van der Waals surface area contributed by atoms with Crippen LogP contribution in [-0.2, 0) is 0 Å². The molecular weight excluding hydrogens is 398 g/mol. The van der Waals surface area contributed by atoms with E-state index in [2.05, 4.69) is 33.2 Å². The zero-order valence-corrected chi connectivity index (χ0v) is 14.1. The van der Waals surface area contributed by atoms with Gasteiger partial charge >= 0.3 is 0 Å². The Bertz CT molecular complexity index is 437. The van der Waals surface area contributed by atoms with Gasteiger partial charge in [-0.05, 0) is 66.6 Å². The van der Waals surface area contributed by atoms with E-state index < -0.39 is 0 Å². The van der Waals surface area contributed by atoms with E-state index in [1.807, 2.05) is 6.07 Å². The molecule has 0 saturated carbocycles. The number of hydrogen-bond donors (Lipinski definition) is 2. The second-order valence-corrected chi connectivity index (χ2v) is 6.04. The molecule has 1 atom stereocenters. The second kappa shape index (κ2) is 8.29. The molecule has 106 valence electrons. The van der Waals surface area contributed by atoms with Crippen LogP contribution in [0.5, 0.6) is 0 Å². The number of halogens is 3. The quantitative estimate of drug-likeness (QED) is 0.742. The van der Waals surface area contributed by atoms with Crippen molar-refractivity contribution in [1.82, 2.24) is 10.6 Å². The molecule has 1 aromatic rings. The van der Waals surface area contributed by atoms with E-state index in [-0.39, 0.29) is 18.3 Å². The van der Waals surface area contributed by atoms with Crippen LogP contribution < -0.4 is 10.6 Å². The smallest absolute Gasteiger partial charge is 0.251 e. The molecule has 1 aliphatic heterocycles. The third-order valence-corrected chi connectivity index (χ3v) is 4.69. The van der Waals surface area contributed by atoms with E-state index in [1.54, 1.807) is 12.1 Å². The molecular formula is C13H17Cl2IN2O. The van der Waals surface area contributed by atoms with E-state index in [0.717, 1.165) is 16.5 Å². The Morgan fingerprint density at radius 3 is 2.95 bits per heavy atom. The number of benzene rings is 1. The van der Waals surface area contributed by atoms with Gasteiger partial charge in [0.1, 0.15) is 0 Å². The Balaban J connectivity index is 0.00000180. The standard InChI is InChI=1S/C13H16ClIN2O.ClH/c14-11-8-9(3-4-12(11)15)13(18)17-7-5-10-2-1-6-16-10;/h3-4,8,10,16H,1-2,5-7H2,(H,17,18);1H/t10-;/m1./s1. The number of rotatable bonds is 4. The molecule has 0 radical (unpaired) electrons. The summed E-state index contributed by atoms with van der Waals surface area (Å²) in [4.78, 5) is 11.9. The largest absolute Gasteiger partial charge is 0.352 e. The van der Waals surface area contributed by atoms with Gasteiger partial charge in [-0.25, -0.2) is 0 Å². The number of amides is 1. The molecule has 2 rings (SSSR count). The van der Waals surface area contributed by atoms with Crippen molar-refractivity contribution >= 4 is 52.5 Å². The molecule has 0 spiro atoms. The molecule has 19 heavy (non-hydrogen) atoms. The van der Waals surface area contributed by atoms with E-state index in [4.69, 9.17) is 11.6 Å². The van der Waals surface area contributed by atoms with Gasteiger partial charge < -0.3 is 10.6 Å². The average molecular weight is 415 g/mol. The normalized spacial score (nSPS) is 17.9. The predicted molar refractivity (Wildman–Crippen MR) is 89.4 cm³/mol. The van der Waals surface area contributed by atoms with Gasteiger partial charge in [0.2, 0.25) is 0 Å². The van der Waals surface area contributed by atoms with Crippen LogP contribution in [0.3, 0.4) is 0 Å². The van der Waals surface area contributed by atoms with Gasteiger partial charge in [-0.3, -0.25) is 4.79 Å². The molecule has 0 aliphatic carbocycles. The minimum absolute atomic E-state index is 0. The minimum atomic E-state index is -0.0497. The van der Waals surface area contributed by atoms with E-state index in [1.165, 1.54) is 12.8 Å². The highest BCUT2D eigenvalue weighted by atomic mass is 127. The van der Waals surface area contributed by atoms with Crippen molar-refractivity contribution in [2.24, 2.45) is 0 Å². The SMILES string of the molecule is Cl.O=C(NCC[C@H]1CCCN1)c1ccc(I)c(Cl)c1. The molecule has 3 nitrogen and oxygen atoms in total. The molecule has 0 bridgehead atoms. The highest BCUT2D eigenvalue weighted by Crippen LogP contribution is 2.19. The summed E-state index contributed by atoms with van der Waals surface area (Å²) in [5.41, 5.74) is 0.625. The summed E-state index contributed by atoms with van der Waals surface area (Å²) in [5.74, 6) is -0.0497. The van der Waals surface area contributed by atoms with Crippen molar-refractivity contribution < 1.29 is 4.79 Å². The van der Waals surface area contributed by atoms with Crippen LogP contribution in [0.1, 0.15) is 29.6 Å². The van der Waals surface area contributed by atoms with E-state index in [0.29, 0.717) is 23.2 Å². The topological polar surface area (TPSA) is 41.1 Å². The molecule has 2 N–H and O–H groups in total. The summed E-state index contributed by atoms with van der Waals surface area (Å²) >= 11 is 8.14. The van der Waals surface area contributed by atoms with Crippen molar-refractivity contribution in [3.05, 3.63) is 32.4 Å². The Labute approximate surface area is 138 Å². The number of carbonyl (C=O) groups is 1. The summed E-state index contributed by atoms with van der Waals surface area (Å²) < 4.78 is 0.959. The number of hydrogen-bond acceptors (Lipinski definition) is 2. The highest BCUT2D eigenvalue weighted by Gasteiger charge is 2.14. The lowest BCUT2D eigenvalue weighted by molar-refractivity contribution is 0.0952. The first-order valence-electron chi connectivity index (χ1n) is 6.13. The molecule has 1 fully saturated rings. The van der Waals surface area contributed by atoms with Gasteiger partial charge in [0.15, 0.2) is 0 Å². The Morgan fingerprint density at radius 1 is 1.53 bits per heavy atom. The van der Waals surface area contributed by atoms with Gasteiger partial charge in [-0.15, -0.1) is 12.4 Å². The summed E-state index contributed by atoms with van der Waals surface area (Å²) in [6.45, 7) is 1.81. The fraction of sp³-hybridized carbons (Fsp3) is 0.462. The van der Waals surface area contributed by atoms with Crippen LogP contribution in [0.2, 0.25) is 5.02 Å². The molecule has 0 unspecified atom stereocenters. The van der Waals surface area contributed by atoms with Gasteiger partial charge in [0.05, 0.1) is 5.02 Å². The third kappa shape index (κ3) is 5.10. The summed E-state index contributed by atoms with van der Waals surface area (Å²) in [6.07, 6.45) is 3.44. The summed E-state index contributed by atoms with van der Waals surface area (Å²) in [5, 5.41) is 6.97. The fourth-order valence-electron chi connectivity index (χ4n) is 2.10. The van der Waals surface area contributed by atoms with Crippen LogP contribution >= 0.6 is 46.6 Å². The molecule has 6 heteroatoms. The van der Waals surface area contributed by atoms with Crippen molar-refractivity contribution in [3.8, 4) is 0 Å². The summed E-state index contributed by atoms with van der Waals surface area (Å²) in [7, 11) is 0.